The molecule has 0 spiro atoms. The van der Waals surface area contributed by atoms with E-state index in [2.05, 4.69) is 24.8 Å². The van der Waals surface area contributed by atoms with E-state index in [9.17, 15) is 0 Å². The van der Waals surface area contributed by atoms with Gasteiger partial charge in [0.25, 0.3) is 0 Å². The second-order valence-electron chi connectivity index (χ2n) is 5.13. The summed E-state index contributed by atoms with van der Waals surface area (Å²) in [5.74, 6) is 0. The molecule has 0 amide bonds. The van der Waals surface area contributed by atoms with Crippen molar-refractivity contribution in [2.45, 2.75) is 39.2 Å². The molecule has 1 fully saturated rings. The Kier molecular flexibility index (Phi) is 4.48. The van der Waals surface area contributed by atoms with E-state index < -0.39 is 0 Å². The van der Waals surface area contributed by atoms with Crippen LogP contribution in [0.5, 0.6) is 0 Å². The number of aryl methyl sites for hydroxylation is 1. The molecule has 2 N–H and O–H groups in total. The van der Waals surface area contributed by atoms with E-state index in [4.69, 9.17) is 10.5 Å². The second kappa shape index (κ2) is 6.10. The average Bonchev–Trinajstić information content (AvgIpc) is 2.36. The van der Waals surface area contributed by atoms with Gasteiger partial charge in [-0.05, 0) is 49.9 Å². The number of nitrogens with two attached hydrogens (primary N) is 1. The van der Waals surface area contributed by atoms with Gasteiger partial charge in [0.05, 0.1) is 6.10 Å². The van der Waals surface area contributed by atoms with Gasteiger partial charge in [-0.25, -0.2) is 0 Å². The highest BCUT2D eigenvalue weighted by atomic mass is 16.5. The third kappa shape index (κ3) is 3.16. The maximum atomic E-state index is 5.88. The van der Waals surface area contributed by atoms with Crippen LogP contribution >= 0.6 is 0 Å². The summed E-state index contributed by atoms with van der Waals surface area (Å²) in [6, 6.07) is 6.16. The van der Waals surface area contributed by atoms with Crippen LogP contribution in [0.2, 0.25) is 0 Å². The molecule has 0 radical (unpaired) electrons. The minimum absolute atomic E-state index is 0.385. The summed E-state index contributed by atoms with van der Waals surface area (Å²) < 4.78 is 5.88. The zero-order chi connectivity index (χ0) is 13.0. The van der Waals surface area contributed by atoms with Crippen LogP contribution in [0, 0.1) is 6.92 Å². The number of hydrogen-bond donors (Lipinski definition) is 1. The Balaban J connectivity index is 2.03. The molecule has 3 nitrogen and oxygen atoms in total. The summed E-state index contributed by atoms with van der Waals surface area (Å²) in [5, 5.41) is 0. The number of hydrogen-bond acceptors (Lipinski definition) is 3. The summed E-state index contributed by atoms with van der Waals surface area (Å²) in [7, 11) is 0. The van der Waals surface area contributed by atoms with Crippen LogP contribution in [0.1, 0.15) is 31.7 Å². The Morgan fingerprint density at radius 1 is 1.44 bits per heavy atom. The fraction of sp³-hybridized carbons (Fsp3) is 0.600. The van der Waals surface area contributed by atoms with Gasteiger partial charge in [-0.1, -0.05) is 6.92 Å². The molecule has 1 heterocycles. The van der Waals surface area contributed by atoms with Gasteiger partial charge in [0, 0.05) is 31.1 Å². The SMILES string of the molecule is CCCOC1CCCN(c2ccc(N)cc2C)C1. The summed E-state index contributed by atoms with van der Waals surface area (Å²) >= 11 is 0. The van der Waals surface area contributed by atoms with Crippen LogP contribution < -0.4 is 10.6 Å². The van der Waals surface area contributed by atoms with Crippen LogP contribution in [0.15, 0.2) is 18.2 Å². The van der Waals surface area contributed by atoms with Crippen molar-refractivity contribution in [3.63, 3.8) is 0 Å². The van der Waals surface area contributed by atoms with Crippen molar-refractivity contribution in [2.75, 3.05) is 30.3 Å². The molecule has 1 aromatic carbocycles. The van der Waals surface area contributed by atoms with Crippen molar-refractivity contribution >= 4 is 11.4 Å². The maximum absolute atomic E-state index is 5.88. The minimum atomic E-state index is 0.385. The molecule has 0 bridgehead atoms. The first-order chi connectivity index (χ1) is 8.70. The molecule has 1 aliphatic rings. The number of ether oxygens (including phenoxy) is 1. The van der Waals surface area contributed by atoms with Gasteiger partial charge in [0.2, 0.25) is 0 Å². The first-order valence-corrected chi connectivity index (χ1v) is 6.93. The molecule has 2 rings (SSSR count). The fourth-order valence-corrected chi connectivity index (χ4v) is 2.61. The summed E-state index contributed by atoms with van der Waals surface area (Å²) in [6.45, 7) is 7.29. The van der Waals surface area contributed by atoms with Crippen LogP contribution in [-0.2, 0) is 4.74 Å². The monoisotopic (exact) mass is 248 g/mol. The number of nitrogen functional groups attached to an aromatic ring is 1. The third-order valence-corrected chi connectivity index (χ3v) is 3.50. The van der Waals surface area contributed by atoms with E-state index >= 15 is 0 Å². The summed E-state index contributed by atoms with van der Waals surface area (Å²) in [4.78, 5) is 2.43. The van der Waals surface area contributed by atoms with Crippen molar-refractivity contribution in [2.24, 2.45) is 0 Å². The molecule has 1 aliphatic heterocycles. The van der Waals surface area contributed by atoms with Crippen LogP contribution in [0.4, 0.5) is 11.4 Å². The van der Waals surface area contributed by atoms with E-state index in [0.717, 1.165) is 31.8 Å². The highest BCUT2D eigenvalue weighted by molar-refractivity contribution is 5.59. The molecule has 1 saturated heterocycles. The van der Waals surface area contributed by atoms with Gasteiger partial charge in [-0.3, -0.25) is 0 Å². The lowest BCUT2D eigenvalue weighted by Crippen LogP contribution is -2.40. The Morgan fingerprint density at radius 2 is 2.28 bits per heavy atom. The number of piperidine rings is 1. The predicted octanol–water partition coefficient (Wildman–Crippen LogP) is 2.97. The molecule has 1 aromatic rings. The standard InChI is InChI=1S/C15H24N2O/c1-3-9-18-14-5-4-8-17(11-14)15-7-6-13(16)10-12(15)2/h6-7,10,14H,3-5,8-9,11,16H2,1-2H3. The highest BCUT2D eigenvalue weighted by Gasteiger charge is 2.21. The van der Waals surface area contributed by atoms with E-state index in [0.29, 0.717) is 6.10 Å². The quantitative estimate of drug-likeness (QED) is 0.833. The Morgan fingerprint density at radius 3 is 3.00 bits per heavy atom. The fourth-order valence-electron chi connectivity index (χ4n) is 2.61. The number of rotatable bonds is 4. The van der Waals surface area contributed by atoms with Crippen molar-refractivity contribution < 1.29 is 4.74 Å². The molecule has 0 aromatic heterocycles. The average molecular weight is 248 g/mol. The molecular formula is C15H24N2O. The summed E-state index contributed by atoms with van der Waals surface area (Å²) in [6.07, 6.45) is 3.87. The number of benzene rings is 1. The first-order valence-electron chi connectivity index (χ1n) is 6.93. The van der Waals surface area contributed by atoms with Crippen LogP contribution in [0.25, 0.3) is 0 Å². The predicted molar refractivity (Wildman–Crippen MR) is 77.1 cm³/mol. The van der Waals surface area contributed by atoms with Gasteiger partial charge >= 0.3 is 0 Å². The Labute approximate surface area is 110 Å². The molecule has 100 valence electrons. The van der Waals surface area contributed by atoms with Crippen LogP contribution in [0.3, 0.4) is 0 Å². The highest BCUT2D eigenvalue weighted by Crippen LogP contribution is 2.26. The Bertz CT molecular complexity index is 392. The van der Waals surface area contributed by atoms with E-state index in [-0.39, 0.29) is 0 Å². The zero-order valence-electron chi connectivity index (χ0n) is 11.5. The van der Waals surface area contributed by atoms with E-state index in [1.807, 2.05) is 12.1 Å². The van der Waals surface area contributed by atoms with Crippen molar-refractivity contribution in [3.05, 3.63) is 23.8 Å². The zero-order valence-corrected chi connectivity index (χ0v) is 11.5. The third-order valence-electron chi connectivity index (χ3n) is 3.50. The molecule has 1 atom stereocenters. The smallest absolute Gasteiger partial charge is 0.0750 e. The molecule has 18 heavy (non-hydrogen) atoms. The van der Waals surface area contributed by atoms with Crippen molar-refractivity contribution in [1.82, 2.24) is 0 Å². The van der Waals surface area contributed by atoms with Crippen LogP contribution in [-0.4, -0.2) is 25.8 Å². The minimum Gasteiger partial charge on any atom is -0.399 e. The number of anilines is 2. The molecular weight excluding hydrogens is 224 g/mol. The molecule has 0 aliphatic carbocycles. The maximum Gasteiger partial charge on any atom is 0.0750 e. The second-order valence-corrected chi connectivity index (χ2v) is 5.13. The van der Waals surface area contributed by atoms with E-state index in [1.54, 1.807) is 0 Å². The summed E-state index contributed by atoms with van der Waals surface area (Å²) in [5.41, 5.74) is 9.20. The molecule has 0 saturated carbocycles. The lowest BCUT2D eigenvalue weighted by Gasteiger charge is -2.35. The van der Waals surface area contributed by atoms with Crippen molar-refractivity contribution in [1.29, 1.82) is 0 Å². The molecule has 1 unspecified atom stereocenters. The topological polar surface area (TPSA) is 38.5 Å². The lowest BCUT2D eigenvalue weighted by atomic mass is 10.1. The Hall–Kier alpha value is -1.22. The molecule has 3 heteroatoms. The first kappa shape index (κ1) is 13.2. The van der Waals surface area contributed by atoms with Gasteiger partial charge < -0.3 is 15.4 Å². The normalized spacial score (nSPS) is 20.1. The van der Waals surface area contributed by atoms with E-state index in [1.165, 1.54) is 24.1 Å². The largest absolute Gasteiger partial charge is 0.399 e. The van der Waals surface area contributed by atoms with Gasteiger partial charge in [0.15, 0.2) is 0 Å². The lowest BCUT2D eigenvalue weighted by molar-refractivity contribution is 0.0440. The van der Waals surface area contributed by atoms with Gasteiger partial charge in [-0.15, -0.1) is 0 Å². The number of nitrogens with zero attached hydrogens (tertiary/aromatic N) is 1. The van der Waals surface area contributed by atoms with Gasteiger partial charge in [-0.2, -0.15) is 0 Å². The van der Waals surface area contributed by atoms with Crippen molar-refractivity contribution in [3.8, 4) is 0 Å². The van der Waals surface area contributed by atoms with Gasteiger partial charge in [0.1, 0.15) is 0 Å².